The van der Waals surface area contributed by atoms with Gasteiger partial charge in [0.05, 0.1) is 16.6 Å². The van der Waals surface area contributed by atoms with Crippen molar-refractivity contribution in [1.29, 1.82) is 0 Å². The molecule has 0 radical (unpaired) electrons. The van der Waals surface area contributed by atoms with E-state index in [1.165, 1.54) is 12.1 Å². The van der Waals surface area contributed by atoms with Crippen LogP contribution in [0.4, 0.5) is 4.39 Å². The van der Waals surface area contributed by atoms with E-state index in [1.54, 1.807) is 16.7 Å². The lowest BCUT2D eigenvalue weighted by molar-refractivity contribution is 0.316. The first-order valence-corrected chi connectivity index (χ1v) is 8.15. The number of halogens is 1. The van der Waals surface area contributed by atoms with Crippen LogP contribution in [-0.2, 0) is 13.0 Å². The van der Waals surface area contributed by atoms with Gasteiger partial charge in [-0.05, 0) is 41.8 Å². The van der Waals surface area contributed by atoms with Crippen molar-refractivity contribution in [3.8, 4) is 11.1 Å². The van der Waals surface area contributed by atoms with Gasteiger partial charge in [0, 0.05) is 19.4 Å². The third-order valence-corrected chi connectivity index (χ3v) is 4.59. The molecule has 0 fully saturated rings. The number of rotatable bonds is 1. The lowest BCUT2D eigenvalue weighted by atomic mass is 10.0. The molecule has 0 aliphatic carbocycles. The van der Waals surface area contributed by atoms with Crippen molar-refractivity contribution < 1.29 is 9.60 Å². The molecule has 6 heteroatoms. The average molecular weight is 337 g/mol. The maximum Gasteiger partial charge on any atom is 0.261 e. The second-order valence-corrected chi connectivity index (χ2v) is 6.14. The molecule has 0 unspecified atom stereocenters. The molecular weight excluding hydrogens is 321 g/mol. The molecule has 1 aliphatic heterocycles. The average Bonchev–Trinajstić information content (AvgIpc) is 2.84. The van der Waals surface area contributed by atoms with Crippen molar-refractivity contribution in [3.63, 3.8) is 0 Å². The highest BCUT2D eigenvalue weighted by Gasteiger charge is 2.17. The highest BCUT2D eigenvalue weighted by Crippen LogP contribution is 2.24. The Morgan fingerprint density at radius 1 is 1.08 bits per heavy atom. The smallest absolute Gasteiger partial charge is 0.261 e. The van der Waals surface area contributed by atoms with E-state index in [-0.39, 0.29) is 11.4 Å². The van der Waals surface area contributed by atoms with Gasteiger partial charge >= 0.3 is 0 Å². The Morgan fingerprint density at radius 3 is 2.72 bits per heavy atom. The Balaban J connectivity index is 1.86. The monoisotopic (exact) mass is 337 g/mol. The van der Waals surface area contributed by atoms with E-state index in [0.29, 0.717) is 48.2 Å². The first-order valence-electron chi connectivity index (χ1n) is 8.15. The Labute approximate surface area is 143 Å². The van der Waals surface area contributed by atoms with Crippen LogP contribution in [0.25, 0.3) is 22.0 Å². The van der Waals surface area contributed by atoms with Gasteiger partial charge in [0.25, 0.3) is 5.56 Å². The van der Waals surface area contributed by atoms with Crippen molar-refractivity contribution in [2.24, 2.45) is 5.16 Å². The Bertz CT molecular complexity index is 1060. The quantitative estimate of drug-likeness (QED) is 0.547. The van der Waals surface area contributed by atoms with Crippen LogP contribution < -0.4 is 5.56 Å². The molecule has 0 amide bonds. The summed E-state index contributed by atoms with van der Waals surface area (Å²) in [7, 11) is 0. The van der Waals surface area contributed by atoms with Crippen LogP contribution in [0.1, 0.15) is 18.7 Å². The van der Waals surface area contributed by atoms with Crippen molar-refractivity contribution in [1.82, 2.24) is 9.55 Å². The predicted molar refractivity (Wildman–Crippen MR) is 93.6 cm³/mol. The number of hydrogen-bond acceptors (Lipinski definition) is 4. The van der Waals surface area contributed by atoms with Crippen LogP contribution >= 0.6 is 0 Å². The summed E-state index contributed by atoms with van der Waals surface area (Å²) >= 11 is 0. The molecule has 0 bridgehead atoms. The van der Waals surface area contributed by atoms with Crippen LogP contribution in [0, 0.1) is 5.82 Å². The summed E-state index contributed by atoms with van der Waals surface area (Å²) in [4.78, 5) is 17.4. The third kappa shape index (κ3) is 2.80. The number of nitrogens with zero attached hydrogens (tertiary/aromatic N) is 3. The van der Waals surface area contributed by atoms with Gasteiger partial charge in [-0.2, -0.15) is 0 Å². The standard InChI is InChI=1S/C19H16FN3O2/c20-14-3-1-2-12(10-14)13-4-6-16-17(11-13)21-18-7-5-15(22-25)8-9-23(18)19(16)24/h1-4,6,10-11,25H,5,7-9H2/b22-15-. The highest BCUT2D eigenvalue weighted by molar-refractivity contribution is 5.85. The van der Waals surface area contributed by atoms with E-state index < -0.39 is 0 Å². The molecule has 1 aromatic heterocycles. The molecule has 4 rings (SSSR count). The van der Waals surface area contributed by atoms with Gasteiger partial charge in [0.2, 0.25) is 0 Å². The van der Waals surface area contributed by atoms with Gasteiger partial charge in [-0.1, -0.05) is 23.4 Å². The molecule has 1 N–H and O–H groups in total. The molecule has 2 aromatic carbocycles. The van der Waals surface area contributed by atoms with Crippen molar-refractivity contribution in [2.45, 2.75) is 25.8 Å². The van der Waals surface area contributed by atoms with Crippen LogP contribution in [0.3, 0.4) is 0 Å². The number of oxime groups is 1. The number of fused-ring (bicyclic) bond motifs is 2. The number of aromatic nitrogens is 2. The third-order valence-electron chi connectivity index (χ3n) is 4.59. The first-order chi connectivity index (χ1) is 12.2. The van der Waals surface area contributed by atoms with Gasteiger partial charge in [0.15, 0.2) is 0 Å². The summed E-state index contributed by atoms with van der Waals surface area (Å²) in [6.45, 7) is 0.460. The maximum absolute atomic E-state index is 13.5. The second kappa shape index (κ2) is 6.12. The molecule has 25 heavy (non-hydrogen) atoms. The lowest BCUT2D eigenvalue weighted by Crippen LogP contribution is -2.24. The van der Waals surface area contributed by atoms with E-state index in [2.05, 4.69) is 10.1 Å². The summed E-state index contributed by atoms with van der Waals surface area (Å²) in [5, 5.41) is 12.8. The fourth-order valence-corrected chi connectivity index (χ4v) is 3.26. The minimum atomic E-state index is -0.302. The molecule has 0 saturated heterocycles. The maximum atomic E-state index is 13.5. The van der Waals surface area contributed by atoms with Gasteiger partial charge in [-0.3, -0.25) is 9.36 Å². The summed E-state index contributed by atoms with van der Waals surface area (Å²) in [5.41, 5.74) is 2.74. The van der Waals surface area contributed by atoms with Crippen molar-refractivity contribution in [2.75, 3.05) is 0 Å². The summed E-state index contributed by atoms with van der Waals surface area (Å²) < 4.78 is 15.1. The van der Waals surface area contributed by atoms with Gasteiger partial charge < -0.3 is 5.21 Å². The topological polar surface area (TPSA) is 67.5 Å². The van der Waals surface area contributed by atoms with E-state index in [9.17, 15) is 9.18 Å². The van der Waals surface area contributed by atoms with Gasteiger partial charge in [-0.25, -0.2) is 9.37 Å². The largest absolute Gasteiger partial charge is 0.411 e. The summed E-state index contributed by atoms with van der Waals surface area (Å²) in [6, 6.07) is 11.7. The van der Waals surface area contributed by atoms with Gasteiger partial charge in [-0.15, -0.1) is 0 Å². The molecule has 2 heterocycles. The van der Waals surface area contributed by atoms with Crippen LogP contribution in [0.5, 0.6) is 0 Å². The normalized spacial score (nSPS) is 16.0. The zero-order valence-corrected chi connectivity index (χ0v) is 13.4. The lowest BCUT2D eigenvalue weighted by Gasteiger charge is -2.11. The molecule has 0 saturated carbocycles. The minimum Gasteiger partial charge on any atom is -0.411 e. The minimum absolute atomic E-state index is 0.0926. The van der Waals surface area contributed by atoms with E-state index in [1.807, 2.05) is 18.2 Å². The number of benzene rings is 2. The number of hydrogen-bond donors (Lipinski definition) is 1. The summed E-state index contributed by atoms with van der Waals surface area (Å²) in [6.07, 6.45) is 1.67. The zero-order valence-electron chi connectivity index (χ0n) is 13.4. The SMILES string of the molecule is O=c1c2ccc(-c3cccc(F)c3)cc2nc2n1CC/C(=N\O)CC2. The van der Waals surface area contributed by atoms with Crippen molar-refractivity contribution >= 4 is 16.6 Å². The fraction of sp³-hybridized carbons (Fsp3) is 0.211. The molecular formula is C19H16FN3O2. The van der Waals surface area contributed by atoms with E-state index >= 15 is 0 Å². The Morgan fingerprint density at radius 2 is 1.92 bits per heavy atom. The molecule has 0 atom stereocenters. The number of aryl methyl sites for hydroxylation is 1. The zero-order chi connectivity index (χ0) is 17.4. The first kappa shape index (κ1) is 15.5. The molecule has 1 aliphatic rings. The fourth-order valence-electron chi connectivity index (χ4n) is 3.26. The van der Waals surface area contributed by atoms with Gasteiger partial charge in [0.1, 0.15) is 11.6 Å². The highest BCUT2D eigenvalue weighted by atomic mass is 19.1. The Kier molecular flexibility index (Phi) is 3.80. The van der Waals surface area contributed by atoms with Crippen LogP contribution in [0.15, 0.2) is 52.4 Å². The van der Waals surface area contributed by atoms with Crippen LogP contribution in [0.2, 0.25) is 0 Å². The second-order valence-electron chi connectivity index (χ2n) is 6.14. The summed E-state index contributed by atoms with van der Waals surface area (Å²) in [5.74, 6) is 0.385. The molecule has 126 valence electrons. The Hall–Kier alpha value is -3.02. The predicted octanol–water partition coefficient (Wildman–Crippen LogP) is 3.37. The molecule has 5 nitrogen and oxygen atoms in total. The van der Waals surface area contributed by atoms with E-state index in [0.717, 1.165) is 11.1 Å². The molecule has 0 spiro atoms. The van der Waals surface area contributed by atoms with Crippen LogP contribution in [-0.4, -0.2) is 20.5 Å². The van der Waals surface area contributed by atoms with Crippen molar-refractivity contribution in [3.05, 3.63) is 64.5 Å². The van der Waals surface area contributed by atoms with E-state index in [4.69, 9.17) is 5.21 Å². The molecule has 3 aromatic rings.